The topological polar surface area (TPSA) is 69.6 Å². The van der Waals surface area contributed by atoms with Gasteiger partial charge in [-0.3, -0.25) is 4.79 Å². The predicted octanol–water partition coefficient (Wildman–Crippen LogP) is 0.452. The minimum absolute atomic E-state index is 0.0543. The Kier molecular flexibility index (Phi) is 3.99. The Morgan fingerprint density at radius 3 is 2.53 bits per heavy atom. The molecule has 1 saturated carbocycles. The van der Waals surface area contributed by atoms with Gasteiger partial charge in [0.1, 0.15) is 6.04 Å². The van der Waals surface area contributed by atoms with Crippen molar-refractivity contribution in [3.05, 3.63) is 0 Å². The van der Waals surface area contributed by atoms with E-state index >= 15 is 0 Å². The lowest BCUT2D eigenvalue weighted by atomic mass is 9.87. The van der Waals surface area contributed by atoms with Crippen molar-refractivity contribution >= 4 is 11.9 Å². The van der Waals surface area contributed by atoms with Gasteiger partial charge in [0.2, 0.25) is 5.91 Å². The molecule has 17 heavy (non-hydrogen) atoms. The molecular formula is C12H20N2O3. The molecule has 0 spiro atoms. The number of amides is 1. The van der Waals surface area contributed by atoms with E-state index in [0.29, 0.717) is 19.6 Å². The van der Waals surface area contributed by atoms with Crippen LogP contribution in [-0.4, -0.2) is 47.6 Å². The zero-order chi connectivity index (χ0) is 12.3. The van der Waals surface area contributed by atoms with E-state index in [0.717, 1.165) is 25.7 Å². The number of nitrogens with one attached hydrogen (secondary N) is 1. The van der Waals surface area contributed by atoms with Gasteiger partial charge in [-0.15, -0.1) is 0 Å². The summed E-state index contributed by atoms with van der Waals surface area (Å²) in [6.07, 6.45) is 5.25. The maximum atomic E-state index is 12.3. The lowest BCUT2D eigenvalue weighted by Gasteiger charge is -2.36. The van der Waals surface area contributed by atoms with Gasteiger partial charge >= 0.3 is 5.97 Å². The molecule has 1 unspecified atom stereocenters. The number of aliphatic carboxylic acids is 1. The van der Waals surface area contributed by atoms with E-state index in [2.05, 4.69) is 5.32 Å². The van der Waals surface area contributed by atoms with Crippen LogP contribution in [0.3, 0.4) is 0 Å². The molecule has 2 aliphatic rings. The molecule has 1 amide bonds. The zero-order valence-corrected chi connectivity index (χ0v) is 10.0. The summed E-state index contributed by atoms with van der Waals surface area (Å²) in [5, 5.41) is 12.2. The summed E-state index contributed by atoms with van der Waals surface area (Å²) in [4.78, 5) is 25.0. The van der Waals surface area contributed by atoms with Crippen LogP contribution in [0.15, 0.2) is 0 Å². The van der Waals surface area contributed by atoms with Crippen molar-refractivity contribution in [3.63, 3.8) is 0 Å². The van der Waals surface area contributed by atoms with Crippen LogP contribution in [-0.2, 0) is 9.59 Å². The van der Waals surface area contributed by atoms with Crippen molar-refractivity contribution in [3.8, 4) is 0 Å². The SMILES string of the molecule is O=C(O)C1CNCCN1C(=O)C1CCCCC1. The third kappa shape index (κ3) is 2.77. The number of nitrogens with zero attached hydrogens (tertiary/aromatic N) is 1. The van der Waals surface area contributed by atoms with Crippen molar-refractivity contribution in [2.75, 3.05) is 19.6 Å². The van der Waals surface area contributed by atoms with E-state index in [4.69, 9.17) is 5.11 Å². The van der Waals surface area contributed by atoms with Gasteiger partial charge in [-0.05, 0) is 12.8 Å². The number of carbonyl (C=O) groups is 2. The molecule has 5 nitrogen and oxygen atoms in total. The van der Waals surface area contributed by atoms with Gasteiger partial charge < -0.3 is 15.3 Å². The van der Waals surface area contributed by atoms with Gasteiger partial charge in [-0.2, -0.15) is 0 Å². The van der Waals surface area contributed by atoms with Crippen molar-refractivity contribution in [1.29, 1.82) is 0 Å². The van der Waals surface area contributed by atoms with Crippen LogP contribution in [0.4, 0.5) is 0 Å². The first-order valence-electron chi connectivity index (χ1n) is 6.44. The van der Waals surface area contributed by atoms with Crippen molar-refractivity contribution in [1.82, 2.24) is 10.2 Å². The van der Waals surface area contributed by atoms with E-state index in [1.807, 2.05) is 0 Å². The number of hydrogen-bond acceptors (Lipinski definition) is 3. The van der Waals surface area contributed by atoms with Crippen LogP contribution < -0.4 is 5.32 Å². The Labute approximate surface area is 101 Å². The third-order valence-corrected chi connectivity index (χ3v) is 3.77. The number of carboxylic acid groups (broad SMARTS) is 1. The van der Waals surface area contributed by atoms with Crippen molar-refractivity contribution in [2.45, 2.75) is 38.1 Å². The summed E-state index contributed by atoms with van der Waals surface area (Å²) in [7, 11) is 0. The van der Waals surface area contributed by atoms with Crippen LogP contribution >= 0.6 is 0 Å². The molecular weight excluding hydrogens is 220 g/mol. The molecule has 0 aromatic carbocycles. The molecule has 1 aliphatic carbocycles. The third-order valence-electron chi connectivity index (χ3n) is 3.77. The molecule has 1 atom stereocenters. The predicted molar refractivity (Wildman–Crippen MR) is 62.6 cm³/mol. The van der Waals surface area contributed by atoms with Crippen LogP contribution in [0.25, 0.3) is 0 Å². The Hall–Kier alpha value is -1.10. The molecule has 2 rings (SSSR count). The normalized spacial score (nSPS) is 26.8. The molecule has 0 aromatic heterocycles. The van der Waals surface area contributed by atoms with Crippen molar-refractivity contribution in [2.24, 2.45) is 5.92 Å². The van der Waals surface area contributed by atoms with E-state index < -0.39 is 12.0 Å². The first kappa shape index (κ1) is 12.4. The van der Waals surface area contributed by atoms with E-state index in [1.54, 1.807) is 4.90 Å². The summed E-state index contributed by atoms with van der Waals surface area (Å²) in [5.74, 6) is -0.788. The maximum Gasteiger partial charge on any atom is 0.327 e. The molecule has 1 saturated heterocycles. The van der Waals surface area contributed by atoms with Crippen molar-refractivity contribution < 1.29 is 14.7 Å². The van der Waals surface area contributed by atoms with Gasteiger partial charge in [0.25, 0.3) is 0 Å². The Bertz CT molecular complexity index is 300. The fourth-order valence-electron chi connectivity index (χ4n) is 2.77. The quantitative estimate of drug-likeness (QED) is 0.735. The highest BCUT2D eigenvalue weighted by Gasteiger charge is 2.35. The second kappa shape index (κ2) is 5.49. The first-order valence-corrected chi connectivity index (χ1v) is 6.44. The number of carboxylic acids is 1. The van der Waals surface area contributed by atoms with Crippen LogP contribution in [0, 0.1) is 5.92 Å². The number of rotatable bonds is 2. The molecule has 1 heterocycles. The molecule has 2 fully saturated rings. The second-order valence-electron chi connectivity index (χ2n) is 4.92. The second-order valence-corrected chi connectivity index (χ2v) is 4.92. The highest BCUT2D eigenvalue weighted by atomic mass is 16.4. The Morgan fingerprint density at radius 2 is 1.88 bits per heavy atom. The standard InChI is InChI=1S/C12H20N2O3/c15-11(9-4-2-1-3-5-9)14-7-6-13-8-10(14)12(16)17/h9-10,13H,1-8H2,(H,16,17). The van der Waals surface area contributed by atoms with Gasteiger partial charge in [0, 0.05) is 25.6 Å². The Balaban J connectivity index is 2.02. The molecule has 0 radical (unpaired) electrons. The summed E-state index contributed by atoms with van der Waals surface area (Å²) < 4.78 is 0. The van der Waals surface area contributed by atoms with Crippen LogP contribution in [0.5, 0.6) is 0 Å². The molecule has 96 valence electrons. The molecule has 1 aliphatic heterocycles. The fraction of sp³-hybridized carbons (Fsp3) is 0.833. The van der Waals surface area contributed by atoms with E-state index in [-0.39, 0.29) is 11.8 Å². The largest absolute Gasteiger partial charge is 0.480 e. The highest BCUT2D eigenvalue weighted by molar-refractivity contribution is 5.85. The highest BCUT2D eigenvalue weighted by Crippen LogP contribution is 2.26. The molecule has 0 aromatic rings. The molecule has 2 N–H and O–H groups in total. The van der Waals surface area contributed by atoms with Gasteiger partial charge in [0.05, 0.1) is 0 Å². The molecule has 5 heteroatoms. The Morgan fingerprint density at radius 1 is 1.18 bits per heavy atom. The average Bonchev–Trinajstić information content (AvgIpc) is 2.39. The lowest BCUT2D eigenvalue weighted by Crippen LogP contribution is -2.58. The van der Waals surface area contributed by atoms with Crippen LogP contribution in [0.2, 0.25) is 0 Å². The first-order chi connectivity index (χ1) is 8.20. The average molecular weight is 240 g/mol. The minimum atomic E-state index is -0.902. The monoisotopic (exact) mass is 240 g/mol. The summed E-state index contributed by atoms with van der Waals surface area (Å²) in [5.41, 5.74) is 0. The van der Waals surface area contributed by atoms with E-state index in [1.165, 1.54) is 6.42 Å². The van der Waals surface area contributed by atoms with Gasteiger partial charge in [-0.25, -0.2) is 4.79 Å². The number of carbonyl (C=O) groups excluding carboxylic acids is 1. The van der Waals surface area contributed by atoms with Gasteiger partial charge in [-0.1, -0.05) is 19.3 Å². The summed E-state index contributed by atoms with van der Waals surface area (Å²) in [6, 6.07) is -0.682. The number of hydrogen-bond donors (Lipinski definition) is 2. The fourth-order valence-corrected chi connectivity index (χ4v) is 2.77. The van der Waals surface area contributed by atoms with Crippen LogP contribution in [0.1, 0.15) is 32.1 Å². The lowest BCUT2D eigenvalue weighted by molar-refractivity contribution is -0.153. The minimum Gasteiger partial charge on any atom is -0.480 e. The molecule has 0 bridgehead atoms. The smallest absolute Gasteiger partial charge is 0.327 e. The number of piperazine rings is 1. The van der Waals surface area contributed by atoms with Gasteiger partial charge in [0.15, 0.2) is 0 Å². The maximum absolute atomic E-state index is 12.3. The zero-order valence-electron chi connectivity index (χ0n) is 10.0. The summed E-state index contributed by atoms with van der Waals surface area (Å²) in [6.45, 7) is 1.59. The van der Waals surface area contributed by atoms with E-state index in [9.17, 15) is 9.59 Å². The summed E-state index contributed by atoms with van der Waals surface area (Å²) >= 11 is 0.